The van der Waals surface area contributed by atoms with Gasteiger partial charge in [-0.2, -0.15) is 0 Å². The maximum atomic E-state index is 11.4. The van der Waals surface area contributed by atoms with Crippen molar-refractivity contribution in [2.75, 3.05) is 19.0 Å². The van der Waals surface area contributed by atoms with Crippen LogP contribution in [0.2, 0.25) is 0 Å². The predicted molar refractivity (Wildman–Crippen MR) is 78.7 cm³/mol. The number of nitrogens with zero attached hydrogens (tertiary/aromatic N) is 2. The molecule has 0 spiro atoms. The predicted octanol–water partition coefficient (Wildman–Crippen LogP) is 2.49. The van der Waals surface area contributed by atoms with E-state index in [1.807, 2.05) is 17.5 Å². The number of pyridine rings is 1. The summed E-state index contributed by atoms with van der Waals surface area (Å²) in [5.41, 5.74) is -0.143. The molecule has 0 atom stereocenters. The van der Waals surface area contributed by atoms with Crippen molar-refractivity contribution in [3.63, 3.8) is 0 Å². The maximum absolute atomic E-state index is 11.4. The maximum Gasteiger partial charge on any atom is 0.356 e. The first-order valence-electron chi connectivity index (χ1n) is 6.12. The number of thiophene rings is 1. The molecule has 0 amide bonds. The van der Waals surface area contributed by atoms with E-state index < -0.39 is 10.9 Å². The van der Waals surface area contributed by atoms with E-state index in [0.29, 0.717) is 6.54 Å². The second-order valence-corrected chi connectivity index (χ2v) is 5.10. The lowest BCUT2D eigenvalue weighted by atomic mass is 10.3. The summed E-state index contributed by atoms with van der Waals surface area (Å²) in [7, 11) is 1.23. The van der Waals surface area contributed by atoms with Crippen LogP contribution in [0.1, 0.15) is 15.4 Å². The van der Waals surface area contributed by atoms with Crippen LogP contribution in [0.25, 0.3) is 0 Å². The van der Waals surface area contributed by atoms with Gasteiger partial charge in [-0.05, 0) is 23.9 Å². The van der Waals surface area contributed by atoms with E-state index in [4.69, 9.17) is 0 Å². The van der Waals surface area contributed by atoms with Crippen LogP contribution in [0, 0.1) is 10.1 Å². The van der Waals surface area contributed by atoms with Crippen LogP contribution in [-0.4, -0.2) is 29.5 Å². The minimum absolute atomic E-state index is 0.0294. The van der Waals surface area contributed by atoms with Crippen LogP contribution in [0.5, 0.6) is 0 Å². The molecular formula is C13H13N3O4S. The van der Waals surface area contributed by atoms with Crippen molar-refractivity contribution in [2.24, 2.45) is 0 Å². The van der Waals surface area contributed by atoms with Crippen LogP contribution in [0.3, 0.4) is 0 Å². The van der Waals surface area contributed by atoms with Gasteiger partial charge in [-0.3, -0.25) is 10.1 Å². The summed E-state index contributed by atoms with van der Waals surface area (Å²) in [4.78, 5) is 27.0. The fraction of sp³-hybridized carbons (Fsp3) is 0.231. The third-order valence-corrected chi connectivity index (χ3v) is 3.65. The van der Waals surface area contributed by atoms with Crippen molar-refractivity contribution in [1.82, 2.24) is 4.98 Å². The van der Waals surface area contributed by atoms with Gasteiger partial charge in [-0.25, -0.2) is 9.78 Å². The summed E-state index contributed by atoms with van der Waals surface area (Å²) in [6, 6.07) is 6.44. The number of esters is 1. The first-order chi connectivity index (χ1) is 10.1. The Morgan fingerprint density at radius 1 is 1.48 bits per heavy atom. The molecule has 2 heterocycles. The van der Waals surface area contributed by atoms with Gasteiger partial charge in [0.15, 0.2) is 5.69 Å². The number of methoxy groups -OCH3 is 1. The molecule has 0 aliphatic heterocycles. The largest absolute Gasteiger partial charge is 0.464 e. The second-order valence-electron chi connectivity index (χ2n) is 4.07. The summed E-state index contributed by atoms with van der Waals surface area (Å²) in [5, 5.41) is 15.8. The number of carbonyl (C=O) groups excluding carboxylic acids is 1. The van der Waals surface area contributed by atoms with E-state index in [1.165, 1.54) is 19.2 Å². The van der Waals surface area contributed by atoms with E-state index in [0.717, 1.165) is 11.3 Å². The van der Waals surface area contributed by atoms with Gasteiger partial charge < -0.3 is 10.1 Å². The number of hydrogen-bond acceptors (Lipinski definition) is 7. The Hall–Kier alpha value is -2.48. The van der Waals surface area contributed by atoms with Crippen LogP contribution >= 0.6 is 11.3 Å². The minimum Gasteiger partial charge on any atom is -0.464 e. The molecule has 0 saturated heterocycles. The quantitative estimate of drug-likeness (QED) is 0.500. The average molecular weight is 307 g/mol. The van der Waals surface area contributed by atoms with E-state index in [2.05, 4.69) is 15.0 Å². The summed E-state index contributed by atoms with van der Waals surface area (Å²) >= 11 is 1.61. The van der Waals surface area contributed by atoms with Crippen molar-refractivity contribution in [3.8, 4) is 0 Å². The zero-order valence-electron chi connectivity index (χ0n) is 11.2. The van der Waals surface area contributed by atoms with Crippen LogP contribution in [0.4, 0.5) is 11.5 Å². The molecular weight excluding hydrogens is 294 g/mol. The first kappa shape index (κ1) is 14.9. The lowest BCUT2D eigenvalue weighted by molar-refractivity contribution is -0.384. The number of rotatable bonds is 6. The molecule has 0 radical (unpaired) electrons. The number of aromatic nitrogens is 1. The summed E-state index contributed by atoms with van der Waals surface area (Å²) < 4.78 is 4.56. The van der Waals surface area contributed by atoms with Crippen molar-refractivity contribution in [2.45, 2.75) is 6.42 Å². The van der Waals surface area contributed by atoms with Gasteiger partial charge in [0, 0.05) is 17.5 Å². The van der Waals surface area contributed by atoms with Gasteiger partial charge in [0.1, 0.15) is 0 Å². The highest BCUT2D eigenvalue weighted by Crippen LogP contribution is 2.22. The van der Waals surface area contributed by atoms with Crippen LogP contribution in [0.15, 0.2) is 29.6 Å². The van der Waals surface area contributed by atoms with Crippen LogP contribution in [-0.2, 0) is 11.2 Å². The SMILES string of the molecule is COC(=O)c1ccc([N+](=O)[O-])c(NCCc2cccs2)n1. The molecule has 2 rings (SSSR count). The number of anilines is 1. The molecule has 1 N–H and O–H groups in total. The topological polar surface area (TPSA) is 94.4 Å². The Morgan fingerprint density at radius 3 is 2.90 bits per heavy atom. The van der Waals surface area contributed by atoms with E-state index in [-0.39, 0.29) is 17.2 Å². The summed E-state index contributed by atoms with van der Waals surface area (Å²) in [6.07, 6.45) is 0.721. The van der Waals surface area contributed by atoms with E-state index in [1.54, 1.807) is 11.3 Å². The monoisotopic (exact) mass is 307 g/mol. The molecule has 0 aliphatic rings. The Morgan fingerprint density at radius 2 is 2.29 bits per heavy atom. The molecule has 8 heteroatoms. The molecule has 110 valence electrons. The molecule has 0 aromatic carbocycles. The Kier molecular flexibility index (Phi) is 4.83. The normalized spacial score (nSPS) is 10.1. The van der Waals surface area contributed by atoms with Crippen molar-refractivity contribution >= 4 is 28.8 Å². The molecule has 2 aromatic rings. The fourth-order valence-electron chi connectivity index (χ4n) is 1.71. The van der Waals surface area contributed by atoms with Gasteiger partial charge in [0.2, 0.25) is 5.82 Å². The minimum atomic E-state index is -0.633. The third-order valence-electron chi connectivity index (χ3n) is 2.71. The molecule has 0 saturated carbocycles. The highest BCUT2D eigenvalue weighted by molar-refractivity contribution is 7.09. The smallest absolute Gasteiger partial charge is 0.356 e. The first-order valence-corrected chi connectivity index (χ1v) is 7.00. The average Bonchev–Trinajstić information content (AvgIpc) is 2.99. The van der Waals surface area contributed by atoms with Gasteiger partial charge in [0.05, 0.1) is 12.0 Å². The van der Waals surface area contributed by atoms with Crippen LogP contribution < -0.4 is 5.32 Å². The molecule has 7 nitrogen and oxygen atoms in total. The number of nitro groups is 1. The lowest BCUT2D eigenvalue weighted by Gasteiger charge is -2.07. The number of ether oxygens (including phenoxy) is 1. The van der Waals surface area contributed by atoms with Gasteiger partial charge >= 0.3 is 11.7 Å². The van der Waals surface area contributed by atoms with Crippen molar-refractivity contribution in [3.05, 3.63) is 50.3 Å². The molecule has 0 unspecified atom stereocenters. The summed E-state index contributed by atoms with van der Waals surface area (Å²) in [5.74, 6) is -0.564. The third kappa shape index (κ3) is 3.76. The molecule has 0 aliphatic carbocycles. The molecule has 0 fully saturated rings. The van der Waals surface area contributed by atoms with Gasteiger partial charge in [-0.1, -0.05) is 6.07 Å². The lowest BCUT2D eigenvalue weighted by Crippen LogP contribution is -2.11. The highest BCUT2D eigenvalue weighted by Gasteiger charge is 2.18. The van der Waals surface area contributed by atoms with E-state index in [9.17, 15) is 14.9 Å². The molecule has 21 heavy (non-hydrogen) atoms. The van der Waals surface area contributed by atoms with Crippen molar-refractivity contribution in [1.29, 1.82) is 0 Å². The Bertz CT molecular complexity index is 643. The number of nitrogens with one attached hydrogen (secondary N) is 1. The summed E-state index contributed by atoms with van der Waals surface area (Å²) in [6.45, 7) is 0.485. The molecule has 0 bridgehead atoms. The number of carbonyl (C=O) groups is 1. The standard InChI is InChI=1S/C13H13N3O4S/c1-20-13(17)10-4-5-11(16(18)19)12(15-10)14-7-6-9-3-2-8-21-9/h2-5,8H,6-7H2,1H3,(H,14,15). The molecule has 2 aromatic heterocycles. The van der Waals surface area contributed by atoms with E-state index >= 15 is 0 Å². The Labute approximate surface area is 124 Å². The zero-order valence-corrected chi connectivity index (χ0v) is 12.1. The second kappa shape index (κ2) is 6.80. The zero-order chi connectivity index (χ0) is 15.2. The van der Waals surface area contributed by atoms with Crippen molar-refractivity contribution < 1.29 is 14.5 Å². The Balaban J connectivity index is 2.14. The van der Waals surface area contributed by atoms with Gasteiger partial charge in [0.25, 0.3) is 0 Å². The number of hydrogen-bond donors (Lipinski definition) is 1. The van der Waals surface area contributed by atoms with Gasteiger partial charge in [-0.15, -0.1) is 11.3 Å². The highest BCUT2D eigenvalue weighted by atomic mass is 32.1. The fourth-order valence-corrected chi connectivity index (χ4v) is 2.42.